The first-order valence-electron chi connectivity index (χ1n) is 7.98. The molecule has 0 saturated carbocycles. The minimum Gasteiger partial charge on any atom is -0.491 e. The summed E-state index contributed by atoms with van der Waals surface area (Å²) in [4.78, 5) is 23.2. The van der Waals surface area contributed by atoms with Crippen LogP contribution in [-0.2, 0) is 4.79 Å². The summed E-state index contributed by atoms with van der Waals surface area (Å²) in [5, 5.41) is 15.2. The van der Waals surface area contributed by atoms with Gasteiger partial charge in [-0.15, -0.1) is 0 Å². The molecule has 0 spiro atoms. The summed E-state index contributed by atoms with van der Waals surface area (Å²) in [5.74, 6) is 0.166. The lowest BCUT2D eigenvalue weighted by atomic mass is 10.2. The lowest BCUT2D eigenvalue weighted by Gasteiger charge is -2.14. The Hall–Kier alpha value is -2.86. The van der Waals surface area contributed by atoms with E-state index in [1.807, 2.05) is 31.2 Å². The summed E-state index contributed by atoms with van der Waals surface area (Å²) in [5.41, 5.74) is 1.93. The van der Waals surface area contributed by atoms with Crippen molar-refractivity contribution in [2.45, 2.75) is 20.0 Å². The van der Waals surface area contributed by atoms with Gasteiger partial charge in [0, 0.05) is 24.7 Å². The summed E-state index contributed by atoms with van der Waals surface area (Å²) in [6.07, 6.45) is -0.831. The Kier molecular flexibility index (Phi) is 6.54. The van der Waals surface area contributed by atoms with Crippen molar-refractivity contribution >= 4 is 17.5 Å². The van der Waals surface area contributed by atoms with Crippen molar-refractivity contribution in [1.29, 1.82) is 0 Å². The van der Waals surface area contributed by atoms with Crippen molar-refractivity contribution in [3.8, 4) is 5.75 Å². The molecule has 0 bridgehead atoms. The number of nitrogens with one attached hydrogen (secondary N) is 2. The molecule has 0 aliphatic heterocycles. The number of benzene rings is 2. The van der Waals surface area contributed by atoms with Crippen molar-refractivity contribution in [2.75, 3.05) is 18.5 Å². The highest BCUT2D eigenvalue weighted by atomic mass is 16.5. The van der Waals surface area contributed by atoms with E-state index in [1.54, 1.807) is 24.3 Å². The van der Waals surface area contributed by atoms with E-state index in [1.165, 1.54) is 6.92 Å². The molecule has 0 radical (unpaired) electrons. The Morgan fingerprint density at radius 2 is 1.92 bits per heavy atom. The number of aliphatic hydroxyl groups excluding tert-OH is 1. The molecule has 2 amide bonds. The second kappa shape index (κ2) is 8.84. The quantitative estimate of drug-likeness (QED) is 0.719. The monoisotopic (exact) mass is 342 g/mol. The van der Waals surface area contributed by atoms with Crippen molar-refractivity contribution < 1.29 is 19.4 Å². The number of hydrogen-bond acceptors (Lipinski definition) is 4. The molecule has 2 aromatic rings. The number of anilines is 1. The van der Waals surface area contributed by atoms with E-state index in [0.29, 0.717) is 17.0 Å². The molecule has 0 aromatic heterocycles. The standard InChI is InChI=1S/C19H22N2O4/c1-13-6-3-4-9-18(13)25-12-17(23)11-20-19(24)15-7-5-8-16(10-15)21-14(2)22/h3-10,17,23H,11-12H2,1-2H3,(H,20,24)(H,21,22). The summed E-state index contributed by atoms with van der Waals surface area (Å²) < 4.78 is 5.55. The van der Waals surface area contributed by atoms with Crippen LogP contribution in [0, 0.1) is 6.92 Å². The Balaban J connectivity index is 1.83. The molecule has 2 rings (SSSR count). The number of amides is 2. The Labute approximate surface area is 146 Å². The first kappa shape index (κ1) is 18.5. The van der Waals surface area contributed by atoms with Gasteiger partial charge in [0.15, 0.2) is 0 Å². The molecule has 2 aromatic carbocycles. The molecule has 0 fully saturated rings. The Bertz CT molecular complexity index is 746. The number of aliphatic hydroxyl groups is 1. The zero-order valence-electron chi connectivity index (χ0n) is 14.3. The van der Waals surface area contributed by atoms with Crippen LogP contribution in [-0.4, -0.2) is 36.2 Å². The highest BCUT2D eigenvalue weighted by molar-refractivity contribution is 5.96. The average molecular weight is 342 g/mol. The highest BCUT2D eigenvalue weighted by Gasteiger charge is 2.11. The average Bonchev–Trinajstić information content (AvgIpc) is 2.58. The number of carbonyl (C=O) groups excluding carboxylic acids is 2. The van der Waals surface area contributed by atoms with Gasteiger partial charge in [0.1, 0.15) is 18.5 Å². The van der Waals surface area contributed by atoms with Crippen LogP contribution in [0.15, 0.2) is 48.5 Å². The van der Waals surface area contributed by atoms with Crippen LogP contribution in [0.3, 0.4) is 0 Å². The van der Waals surface area contributed by atoms with Crippen molar-refractivity contribution in [3.05, 3.63) is 59.7 Å². The van der Waals surface area contributed by atoms with Crippen LogP contribution < -0.4 is 15.4 Å². The fourth-order valence-electron chi connectivity index (χ4n) is 2.22. The molecule has 6 heteroatoms. The second-order valence-electron chi connectivity index (χ2n) is 5.70. The van der Waals surface area contributed by atoms with Gasteiger partial charge in [0.05, 0.1) is 0 Å². The largest absolute Gasteiger partial charge is 0.491 e. The molecule has 0 saturated heterocycles. The predicted molar refractivity (Wildman–Crippen MR) is 95.8 cm³/mol. The molecule has 132 valence electrons. The molecule has 0 aliphatic carbocycles. The molecular formula is C19H22N2O4. The first-order valence-corrected chi connectivity index (χ1v) is 7.98. The molecular weight excluding hydrogens is 320 g/mol. The zero-order valence-corrected chi connectivity index (χ0v) is 14.3. The summed E-state index contributed by atoms with van der Waals surface area (Å²) in [7, 11) is 0. The van der Waals surface area contributed by atoms with Crippen LogP contribution in [0.2, 0.25) is 0 Å². The van der Waals surface area contributed by atoms with E-state index in [2.05, 4.69) is 10.6 Å². The maximum absolute atomic E-state index is 12.1. The van der Waals surface area contributed by atoms with E-state index in [9.17, 15) is 14.7 Å². The number of ether oxygens (including phenoxy) is 1. The van der Waals surface area contributed by atoms with Gasteiger partial charge in [-0.2, -0.15) is 0 Å². The van der Waals surface area contributed by atoms with Crippen molar-refractivity contribution in [3.63, 3.8) is 0 Å². The van der Waals surface area contributed by atoms with Crippen LogP contribution in [0.5, 0.6) is 5.75 Å². The first-order chi connectivity index (χ1) is 12.0. The number of hydrogen-bond donors (Lipinski definition) is 3. The topological polar surface area (TPSA) is 87.7 Å². The summed E-state index contributed by atoms with van der Waals surface area (Å²) >= 11 is 0. The van der Waals surface area contributed by atoms with Gasteiger partial charge in [-0.05, 0) is 36.8 Å². The van der Waals surface area contributed by atoms with E-state index in [0.717, 1.165) is 5.56 Å². The lowest BCUT2D eigenvalue weighted by Crippen LogP contribution is -2.35. The Morgan fingerprint density at radius 3 is 2.64 bits per heavy atom. The maximum atomic E-state index is 12.1. The van der Waals surface area contributed by atoms with Crippen LogP contribution in [0.1, 0.15) is 22.8 Å². The number of para-hydroxylation sites is 1. The van der Waals surface area contributed by atoms with Gasteiger partial charge in [0.25, 0.3) is 5.91 Å². The second-order valence-corrected chi connectivity index (χ2v) is 5.70. The van der Waals surface area contributed by atoms with Gasteiger partial charge in [0.2, 0.25) is 5.91 Å². The maximum Gasteiger partial charge on any atom is 0.251 e. The van der Waals surface area contributed by atoms with E-state index in [4.69, 9.17) is 4.74 Å². The van der Waals surface area contributed by atoms with E-state index >= 15 is 0 Å². The smallest absolute Gasteiger partial charge is 0.251 e. The van der Waals surface area contributed by atoms with E-state index in [-0.39, 0.29) is 25.0 Å². The zero-order chi connectivity index (χ0) is 18.2. The fraction of sp³-hybridized carbons (Fsp3) is 0.263. The number of aryl methyl sites for hydroxylation is 1. The summed E-state index contributed by atoms with van der Waals surface area (Å²) in [6.45, 7) is 3.47. The number of carbonyl (C=O) groups is 2. The molecule has 1 unspecified atom stereocenters. The van der Waals surface area contributed by atoms with Crippen LogP contribution in [0.25, 0.3) is 0 Å². The van der Waals surface area contributed by atoms with Crippen molar-refractivity contribution in [1.82, 2.24) is 5.32 Å². The summed E-state index contributed by atoms with van der Waals surface area (Å²) in [6, 6.07) is 14.1. The minimum absolute atomic E-state index is 0.0646. The predicted octanol–water partition coefficient (Wildman–Crippen LogP) is 2.12. The van der Waals surface area contributed by atoms with Crippen molar-refractivity contribution in [2.24, 2.45) is 0 Å². The molecule has 0 heterocycles. The number of rotatable bonds is 7. The Morgan fingerprint density at radius 1 is 1.16 bits per heavy atom. The molecule has 3 N–H and O–H groups in total. The van der Waals surface area contributed by atoms with Gasteiger partial charge >= 0.3 is 0 Å². The van der Waals surface area contributed by atoms with Gasteiger partial charge in [-0.3, -0.25) is 9.59 Å². The third kappa shape index (κ3) is 5.93. The highest BCUT2D eigenvalue weighted by Crippen LogP contribution is 2.16. The van der Waals surface area contributed by atoms with Crippen LogP contribution >= 0.6 is 0 Å². The normalized spacial score (nSPS) is 11.5. The third-order valence-electron chi connectivity index (χ3n) is 3.47. The molecule has 6 nitrogen and oxygen atoms in total. The molecule has 25 heavy (non-hydrogen) atoms. The molecule has 0 aliphatic rings. The minimum atomic E-state index is -0.831. The molecule has 1 atom stereocenters. The van der Waals surface area contributed by atoms with Crippen LogP contribution in [0.4, 0.5) is 5.69 Å². The lowest BCUT2D eigenvalue weighted by molar-refractivity contribution is -0.114. The van der Waals surface area contributed by atoms with Gasteiger partial charge < -0.3 is 20.5 Å². The van der Waals surface area contributed by atoms with Gasteiger partial charge in [-0.1, -0.05) is 24.3 Å². The van der Waals surface area contributed by atoms with Gasteiger partial charge in [-0.25, -0.2) is 0 Å². The fourth-order valence-corrected chi connectivity index (χ4v) is 2.22. The van der Waals surface area contributed by atoms with E-state index < -0.39 is 6.10 Å². The SMILES string of the molecule is CC(=O)Nc1cccc(C(=O)NCC(O)COc2ccccc2C)c1. The third-order valence-corrected chi connectivity index (χ3v) is 3.47.